The molecule has 2 aromatic heterocycles. The van der Waals surface area contributed by atoms with Crippen LogP contribution in [-0.4, -0.2) is 31.5 Å². The average Bonchev–Trinajstić information content (AvgIpc) is 2.89. The van der Waals surface area contributed by atoms with Crippen LogP contribution in [0.3, 0.4) is 0 Å². The highest BCUT2D eigenvalue weighted by Gasteiger charge is 2.29. The standard InChI is InChI=1S/C11H13N5/c1-15-5-8-4-12-11-13-10(7-2-3-7)14-16(11)9(8)6-15/h4,7H,2-3,5-6H2,1H3. The van der Waals surface area contributed by atoms with Crippen molar-refractivity contribution in [2.45, 2.75) is 31.8 Å². The van der Waals surface area contributed by atoms with Gasteiger partial charge in [0.15, 0.2) is 5.82 Å². The lowest BCUT2D eigenvalue weighted by Gasteiger charge is -2.02. The maximum absolute atomic E-state index is 4.60. The lowest BCUT2D eigenvalue weighted by molar-refractivity contribution is 0.349. The summed E-state index contributed by atoms with van der Waals surface area (Å²) in [5.74, 6) is 2.34. The summed E-state index contributed by atoms with van der Waals surface area (Å²) in [5, 5.41) is 4.60. The normalized spacial score (nSPS) is 20.6. The van der Waals surface area contributed by atoms with Crippen LogP contribution in [0, 0.1) is 0 Å². The molecule has 2 aromatic rings. The number of hydrogen-bond acceptors (Lipinski definition) is 4. The first-order chi connectivity index (χ1) is 7.81. The molecule has 0 saturated heterocycles. The molecule has 3 heterocycles. The van der Waals surface area contributed by atoms with Crippen LogP contribution in [0.1, 0.15) is 35.8 Å². The van der Waals surface area contributed by atoms with Crippen LogP contribution in [0.15, 0.2) is 6.20 Å². The van der Waals surface area contributed by atoms with Crippen molar-refractivity contribution in [3.05, 3.63) is 23.3 Å². The van der Waals surface area contributed by atoms with Crippen molar-refractivity contribution >= 4 is 5.78 Å². The fourth-order valence-electron chi connectivity index (χ4n) is 2.35. The Morgan fingerprint density at radius 1 is 1.31 bits per heavy atom. The summed E-state index contributed by atoms with van der Waals surface area (Å²) in [5.41, 5.74) is 2.54. The molecule has 0 spiro atoms. The molecule has 4 rings (SSSR count). The molecular weight excluding hydrogens is 202 g/mol. The van der Waals surface area contributed by atoms with Gasteiger partial charge in [-0.15, -0.1) is 5.10 Å². The second kappa shape index (κ2) is 2.79. The molecule has 2 aliphatic rings. The summed E-state index contributed by atoms with van der Waals surface area (Å²) in [6, 6.07) is 0. The first-order valence-electron chi connectivity index (χ1n) is 5.73. The van der Waals surface area contributed by atoms with Gasteiger partial charge in [-0.1, -0.05) is 0 Å². The van der Waals surface area contributed by atoms with Gasteiger partial charge in [-0.05, 0) is 19.9 Å². The van der Waals surface area contributed by atoms with Crippen molar-refractivity contribution in [3.63, 3.8) is 0 Å². The van der Waals surface area contributed by atoms with Gasteiger partial charge in [-0.3, -0.25) is 4.90 Å². The highest BCUT2D eigenvalue weighted by Crippen LogP contribution is 2.38. The van der Waals surface area contributed by atoms with Gasteiger partial charge in [0.25, 0.3) is 5.78 Å². The van der Waals surface area contributed by atoms with E-state index < -0.39 is 0 Å². The molecule has 0 aromatic carbocycles. The van der Waals surface area contributed by atoms with E-state index in [9.17, 15) is 0 Å². The summed E-state index contributed by atoms with van der Waals surface area (Å²) in [7, 11) is 2.12. The van der Waals surface area contributed by atoms with Gasteiger partial charge >= 0.3 is 0 Å². The van der Waals surface area contributed by atoms with Crippen LogP contribution < -0.4 is 0 Å². The van der Waals surface area contributed by atoms with Crippen LogP contribution >= 0.6 is 0 Å². The Hall–Kier alpha value is -1.49. The quantitative estimate of drug-likeness (QED) is 0.710. The third kappa shape index (κ3) is 1.12. The van der Waals surface area contributed by atoms with E-state index in [1.54, 1.807) is 0 Å². The largest absolute Gasteiger partial charge is 0.296 e. The lowest BCUT2D eigenvalue weighted by Crippen LogP contribution is -2.08. The van der Waals surface area contributed by atoms with E-state index >= 15 is 0 Å². The summed E-state index contributed by atoms with van der Waals surface area (Å²) >= 11 is 0. The van der Waals surface area contributed by atoms with Crippen LogP contribution in [0.2, 0.25) is 0 Å². The van der Waals surface area contributed by atoms with Gasteiger partial charge in [-0.25, -0.2) is 4.98 Å². The number of nitrogens with zero attached hydrogens (tertiary/aromatic N) is 5. The van der Waals surface area contributed by atoms with Gasteiger partial charge in [-0.2, -0.15) is 9.50 Å². The van der Waals surface area contributed by atoms with Gasteiger partial charge < -0.3 is 0 Å². The van der Waals surface area contributed by atoms with E-state index in [4.69, 9.17) is 0 Å². The van der Waals surface area contributed by atoms with Crippen molar-refractivity contribution in [2.24, 2.45) is 0 Å². The molecule has 0 atom stereocenters. The molecule has 16 heavy (non-hydrogen) atoms. The molecule has 0 N–H and O–H groups in total. The zero-order valence-electron chi connectivity index (χ0n) is 9.22. The van der Waals surface area contributed by atoms with E-state index in [1.807, 2.05) is 10.7 Å². The van der Waals surface area contributed by atoms with Crippen molar-refractivity contribution < 1.29 is 0 Å². The molecule has 0 bridgehead atoms. The smallest absolute Gasteiger partial charge is 0.252 e. The lowest BCUT2D eigenvalue weighted by atomic mass is 10.3. The topological polar surface area (TPSA) is 46.3 Å². The summed E-state index contributed by atoms with van der Waals surface area (Å²) in [4.78, 5) is 11.1. The Kier molecular flexibility index (Phi) is 1.51. The second-order valence-corrected chi connectivity index (χ2v) is 4.86. The van der Waals surface area contributed by atoms with Crippen LogP contribution in [0.25, 0.3) is 5.78 Å². The SMILES string of the molecule is CN1Cc2cnc3nc(C4CC4)nn3c2C1. The minimum absolute atomic E-state index is 0.594. The number of rotatable bonds is 1. The Bertz CT molecular complexity index is 569. The summed E-state index contributed by atoms with van der Waals surface area (Å²) in [6.45, 7) is 1.92. The van der Waals surface area contributed by atoms with Gasteiger partial charge in [0, 0.05) is 30.8 Å². The van der Waals surface area contributed by atoms with E-state index in [-0.39, 0.29) is 0 Å². The molecule has 1 saturated carbocycles. The van der Waals surface area contributed by atoms with Gasteiger partial charge in [0.1, 0.15) is 0 Å². The molecule has 5 nitrogen and oxygen atoms in total. The Morgan fingerprint density at radius 3 is 3.00 bits per heavy atom. The summed E-state index contributed by atoms with van der Waals surface area (Å²) < 4.78 is 1.94. The first-order valence-corrected chi connectivity index (χ1v) is 5.73. The predicted octanol–water partition coefficient (Wildman–Crippen LogP) is 0.947. The highest BCUT2D eigenvalue weighted by molar-refractivity contribution is 5.35. The monoisotopic (exact) mass is 215 g/mol. The molecule has 1 aliphatic heterocycles. The van der Waals surface area contributed by atoms with Crippen molar-refractivity contribution in [3.8, 4) is 0 Å². The third-order valence-electron chi connectivity index (χ3n) is 3.37. The molecule has 0 amide bonds. The fourth-order valence-corrected chi connectivity index (χ4v) is 2.35. The number of fused-ring (bicyclic) bond motifs is 3. The summed E-state index contributed by atoms with van der Waals surface area (Å²) in [6.07, 6.45) is 4.41. The van der Waals surface area contributed by atoms with Crippen molar-refractivity contribution in [1.29, 1.82) is 0 Å². The molecule has 82 valence electrons. The molecule has 1 fully saturated rings. The highest BCUT2D eigenvalue weighted by atomic mass is 15.4. The third-order valence-corrected chi connectivity index (χ3v) is 3.37. The van der Waals surface area contributed by atoms with E-state index in [2.05, 4.69) is 27.0 Å². The minimum Gasteiger partial charge on any atom is -0.296 e. The Balaban J connectivity index is 1.94. The maximum atomic E-state index is 4.60. The van der Waals surface area contributed by atoms with Crippen molar-refractivity contribution in [1.82, 2.24) is 24.5 Å². The maximum Gasteiger partial charge on any atom is 0.252 e. The Morgan fingerprint density at radius 2 is 2.19 bits per heavy atom. The zero-order chi connectivity index (χ0) is 10.7. The minimum atomic E-state index is 0.594. The van der Waals surface area contributed by atoms with Crippen LogP contribution in [-0.2, 0) is 13.1 Å². The van der Waals surface area contributed by atoms with Gasteiger partial charge in [0.05, 0.1) is 5.69 Å². The molecule has 5 heteroatoms. The van der Waals surface area contributed by atoms with E-state index in [0.717, 1.165) is 24.7 Å². The van der Waals surface area contributed by atoms with Crippen LogP contribution in [0.4, 0.5) is 0 Å². The van der Waals surface area contributed by atoms with Crippen molar-refractivity contribution in [2.75, 3.05) is 7.05 Å². The second-order valence-electron chi connectivity index (χ2n) is 4.86. The predicted molar refractivity (Wildman–Crippen MR) is 57.9 cm³/mol. The first kappa shape index (κ1) is 8.64. The number of hydrogen-bond donors (Lipinski definition) is 0. The fraction of sp³-hybridized carbons (Fsp3) is 0.545. The zero-order valence-corrected chi connectivity index (χ0v) is 9.22. The number of aromatic nitrogens is 4. The molecule has 1 aliphatic carbocycles. The van der Waals surface area contributed by atoms with E-state index in [1.165, 1.54) is 24.1 Å². The van der Waals surface area contributed by atoms with Gasteiger partial charge in [0.2, 0.25) is 0 Å². The average molecular weight is 215 g/mol. The van der Waals surface area contributed by atoms with Crippen LogP contribution in [0.5, 0.6) is 0 Å². The molecular formula is C11H13N5. The molecule has 0 unspecified atom stereocenters. The Labute approximate surface area is 93.1 Å². The van der Waals surface area contributed by atoms with E-state index in [0.29, 0.717) is 5.92 Å². The molecule has 0 radical (unpaired) electrons.